The third-order valence-electron chi connectivity index (χ3n) is 3.88. The first-order valence-corrected chi connectivity index (χ1v) is 7.09. The molecule has 0 amide bonds. The smallest absolute Gasteiger partial charge is 0.00104 e. The Kier molecular flexibility index (Phi) is 6.37. The van der Waals surface area contributed by atoms with Crippen LogP contribution in [-0.2, 0) is 0 Å². The van der Waals surface area contributed by atoms with Crippen molar-refractivity contribution >= 4 is 0 Å². The van der Waals surface area contributed by atoms with Gasteiger partial charge in [-0.05, 0) is 44.6 Å². The summed E-state index contributed by atoms with van der Waals surface area (Å²) in [6, 6.07) is 0.371. The highest BCUT2D eigenvalue weighted by Crippen LogP contribution is 2.34. The number of nitrogens with one attached hydrogen (secondary N) is 1. The van der Waals surface area contributed by atoms with E-state index in [1.54, 1.807) is 0 Å². The summed E-state index contributed by atoms with van der Waals surface area (Å²) in [7, 11) is 0. The molecule has 16 heavy (non-hydrogen) atoms. The summed E-state index contributed by atoms with van der Waals surface area (Å²) in [5.41, 5.74) is 6.31. The Morgan fingerprint density at radius 2 is 1.88 bits per heavy atom. The van der Waals surface area contributed by atoms with Crippen LogP contribution in [0.2, 0.25) is 0 Å². The maximum absolute atomic E-state index is 5.72. The average Bonchev–Trinajstić information content (AvgIpc) is 2.24. The number of unbranched alkanes of at least 4 members (excludes halogenated alkanes) is 1. The molecule has 0 aromatic carbocycles. The highest BCUT2D eigenvalue weighted by Gasteiger charge is 2.25. The van der Waals surface area contributed by atoms with Crippen molar-refractivity contribution < 1.29 is 0 Å². The van der Waals surface area contributed by atoms with Crippen molar-refractivity contribution in [3.05, 3.63) is 0 Å². The fourth-order valence-corrected chi connectivity index (χ4v) is 2.69. The SMILES string of the molecule is CC(N)CCCCNCC1(C)CCCCC1. The second-order valence-electron chi connectivity index (χ2n) is 6.02. The van der Waals surface area contributed by atoms with E-state index in [1.165, 1.54) is 64.5 Å². The zero-order chi connectivity index (χ0) is 11.9. The molecule has 0 radical (unpaired) electrons. The monoisotopic (exact) mass is 226 g/mol. The number of hydrogen-bond acceptors (Lipinski definition) is 2. The maximum Gasteiger partial charge on any atom is 0.00104 e. The predicted molar refractivity (Wildman–Crippen MR) is 71.6 cm³/mol. The maximum atomic E-state index is 5.72. The molecule has 96 valence electrons. The summed E-state index contributed by atoms with van der Waals surface area (Å²) in [4.78, 5) is 0. The van der Waals surface area contributed by atoms with Crippen LogP contribution < -0.4 is 11.1 Å². The van der Waals surface area contributed by atoms with Crippen LogP contribution in [0.3, 0.4) is 0 Å². The Morgan fingerprint density at radius 3 is 2.50 bits per heavy atom. The second-order valence-corrected chi connectivity index (χ2v) is 6.02. The quantitative estimate of drug-likeness (QED) is 0.655. The summed E-state index contributed by atoms with van der Waals surface area (Å²) in [5, 5.41) is 3.63. The van der Waals surface area contributed by atoms with Crippen LogP contribution in [0.25, 0.3) is 0 Å². The van der Waals surface area contributed by atoms with Crippen LogP contribution in [0, 0.1) is 5.41 Å². The van der Waals surface area contributed by atoms with Crippen molar-refractivity contribution in [2.45, 2.75) is 71.3 Å². The van der Waals surface area contributed by atoms with Crippen LogP contribution in [0.5, 0.6) is 0 Å². The Hall–Kier alpha value is -0.0800. The van der Waals surface area contributed by atoms with E-state index in [1.807, 2.05) is 0 Å². The molecule has 1 fully saturated rings. The van der Waals surface area contributed by atoms with Crippen LogP contribution in [0.4, 0.5) is 0 Å². The molecule has 0 spiro atoms. The normalized spacial score (nSPS) is 21.9. The molecule has 1 unspecified atom stereocenters. The number of hydrogen-bond donors (Lipinski definition) is 2. The summed E-state index contributed by atoms with van der Waals surface area (Å²) >= 11 is 0. The van der Waals surface area contributed by atoms with Gasteiger partial charge >= 0.3 is 0 Å². The summed E-state index contributed by atoms with van der Waals surface area (Å²) in [6.07, 6.45) is 10.9. The molecule has 1 saturated carbocycles. The van der Waals surface area contributed by atoms with Gasteiger partial charge in [0.1, 0.15) is 0 Å². The molecule has 2 nitrogen and oxygen atoms in total. The van der Waals surface area contributed by atoms with Gasteiger partial charge in [0.2, 0.25) is 0 Å². The van der Waals surface area contributed by atoms with Crippen molar-refractivity contribution in [3.63, 3.8) is 0 Å². The van der Waals surface area contributed by atoms with E-state index in [2.05, 4.69) is 19.2 Å². The molecule has 2 heteroatoms. The molecule has 1 atom stereocenters. The Labute approximate surface area is 101 Å². The van der Waals surface area contributed by atoms with Crippen LogP contribution in [-0.4, -0.2) is 19.1 Å². The zero-order valence-corrected chi connectivity index (χ0v) is 11.2. The third kappa shape index (κ3) is 5.86. The minimum absolute atomic E-state index is 0.371. The topological polar surface area (TPSA) is 38.0 Å². The largest absolute Gasteiger partial charge is 0.328 e. The lowest BCUT2D eigenvalue weighted by Crippen LogP contribution is -2.34. The molecule has 0 bridgehead atoms. The van der Waals surface area contributed by atoms with Gasteiger partial charge in [0.05, 0.1) is 0 Å². The zero-order valence-electron chi connectivity index (χ0n) is 11.2. The number of rotatable bonds is 7. The molecule has 1 aliphatic carbocycles. The Balaban J connectivity index is 1.97. The molecule has 0 aromatic heterocycles. The average molecular weight is 226 g/mol. The van der Waals surface area contributed by atoms with Crippen molar-refractivity contribution in [2.75, 3.05) is 13.1 Å². The highest BCUT2D eigenvalue weighted by molar-refractivity contribution is 4.80. The lowest BCUT2D eigenvalue weighted by atomic mass is 9.76. The predicted octanol–water partition coefficient (Wildman–Crippen LogP) is 3.06. The van der Waals surface area contributed by atoms with Crippen molar-refractivity contribution in [3.8, 4) is 0 Å². The van der Waals surface area contributed by atoms with Gasteiger partial charge in [-0.3, -0.25) is 0 Å². The van der Waals surface area contributed by atoms with E-state index in [0.29, 0.717) is 11.5 Å². The van der Waals surface area contributed by atoms with E-state index in [9.17, 15) is 0 Å². The minimum Gasteiger partial charge on any atom is -0.328 e. The van der Waals surface area contributed by atoms with Crippen LogP contribution in [0.15, 0.2) is 0 Å². The van der Waals surface area contributed by atoms with Gasteiger partial charge in [0, 0.05) is 12.6 Å². The van der Waals surface area contributed by atoms with Crippen LogP contribution in [0.1, 0.15) is 65.2 Å². The lowest BCUT2D eigenvalue weighted by Gasteiger charge is -2.33. The second kappa shape index (κ2) is 7.29. The van der Waals surface area contributed by atoms with E-state index >= 15 is 0 Å². The van der Waals surface area contributed by atoms with Crippen molar-refractivity contribution in [1.82, 2.24) is 5.32 Å². The van der Waals surface area contributed by atoms with E-state index in [4.69, 9.17) is 5.73 Å². The van der Waals surface area contributed by atoms with Crippen molar-refractivity contribution in [1.29, 1.82) is 0 Å². The summed E-state index contributed by atoms with van der Waals surface area (Å²) < 4.78 is 0. The fourth-order valence-electron chi connectivity index (χ4n) is 2.69. The first kappa shape index (κ1) is 14.0. The van der Waals surface area contributed by atoms with E-state index in [-0.39, 0.29) is 0 Å². The standard InChI is InChI=1S/C14H30N2/c1-13(15)8-4-7-11-16-12-14(2)9-5-3-6-10-14/h13,16H,3-12,15H2,1-2H3. The molecule has 0 aromatic rings. The van der Waals surface area contributed by atoms with Gasteiger partial charge in [0.25, 0.3) is 0 Å². The van der Waals surface area contributed by atoms with Crippen LogP contribution >= 0.6 is 0 Å². The third-order valence-corrected chi connectivity index (χ3v) is 3.88. The van der Waals surface area contributed by atoms with Gasteiger partial charge in [0.15, 0.2) is 0 Å². The molecule has 1 aliphatic rings. The molecular formula is C14H30N2. The molecule has 1 rings (SSSR count). The minimum atomic E-state index is 0.371. The van der Waals surface area contributed by atoms with Gasteiger partial charge in [-0.1, -0.05) is 32.6 Å². The van der Waals surface area contributed by atoms with E-state index in [0.717, 1.165) is 0 Å². The molecule has 0 heterocycles. The molecule has 3 N–H and O–H groups in total. The van der Waals surface area contributed by atoms with Gasteiger partial charge in [-0.25, -0.2) is 0 Å². The Bertz CT molecular complexity index is 172. The van der Waals surface area contributed by atoms with Gasteiger partial charge in [-0.2, -0.15) is 0 Å². The van der Waals surface area contributed by atoms with Gasteiger partial charge in [-0.15, -0.1) is 0 Å². The molecule has 0 aliphatic heterocycles. The highest BCUT2D eigenvalue weighted by atomic mass is 14.9. The molecular weight excluding hydrogens is 196 g/mol. The molecule has 0 saturated heterocycles. The first-order chi connectivity index (χ1) is 7.62. The lowest BCUT2D eigenvalue weighted by molar-refractivity contribution is 0.208. The number of nitrogens with two attached hydrogens (primary N) is 1. The Morgan fingerprint density at radius 1 is 1.19 bits per heavy atom. The summed E-state index contributed by atoms with van der Waals surface area (Å²) in [5.74, 6) is 0. The first-order valence-electron chi connectivity index (χ1n) is 7.09. The van der Waals surface area contributed by atoms with E-state index < -0.39 is 0 Å². The summed E-state index contributed by atoms with van der Waals surface area (Å²) in [6.45, 7) is 6.92. The van der Waals surface area contributed by atoms with Gasteiger partial charge < -0.3 is 11.1 Å². The van der Waals surface area contributed by atoms with Crippen molar-refractivity contribution in [2.24, 2.45) is 11.1 Å². The fraction of sp³-hybridized carbons (Fsp3) is 1.00.